The second kappa shape index (κ2) is 5.20. The number of hydrogen-bond acceptors (Lipinski definition) is 3. The molecule has 0 aromatic heterocycles. The molecule has 0 amide bonds. The summed E-state index contributed by atoms with van der Waals surface area (Å²) < 4.78 is 0. The van der Waals surface area contributed by atoms with Gasteiger partial charge in [-0.3, -0.25) is 0 Å². The Morgan fingerprint density at radius 1 is 1.29 bits per heavy atom. The van der Waals surface area contributed by atoms with E-state index in [1.165, 1.54) is 0 Å². The smallest absolute Gasteiger partial charge is 0.101 e. The zero-order valence-electron chi connectivity index (χ0n) is 10.5. The van der Waals surface area contributed by atoms with Crippen LogP contribution in [0.2, 0.25) is 0 Å². The summed E-state index contributed by atoms with van der Waals surface area (Å²) >= 11 is 0. The molecule has 2 rings (SSSR count). The molecule has 0 spiro atoms. The van der Waals surface area contributed by atoms with Gasteiger partial charge in [-0.2, -0.15) is 5.26 Å². The van der Waals surface area contributed by atoms with Gasteiger partial charge in [-0.15, -0.1) is 0 Å². The van der Waals surface area contributed by atoms with Crippen LogP contribution in [0.4, 0.5) is 5.69 Å². The third-order valence-electron chi connectivity index (χ3n) is 3.21. The first-order valence-electron chi connectivity index (χ1n) is 6.18. The van der Waals surface area contributed by atoms with Crippen LogP contribution >= 0.6 is 0 Å². The van der Waals surface area contributed by atoms with Gasteiger partial charge < -0.3 is 10.2 Å². The molecule has 1 saturated heterocycles. The van der Waals surface area contributed by atoms with Crippen molar-refractivity contribution in [1.29, 1.82) is 5.26 Å². The number of benzene rings is 1. The van der Waals surface area contributed by atoms with Crippen molar-refractivity contribution in [3.8, 4) is 6.07 Å². The lowest BCUT2D eigenvalue weighted by Gasteiger charge is -2.26. The Labute approximate surface area is 103 Å². The van der Waals surface area contributed by atoms with E-state index >= 15 is 0 Å². The molecule has 2 unspecified atom stereocenters. The van der Waals surface area contributed by atoms with Crippen molar-refractivity contribution in [3.05, 3.63) is 29.8 Å². The maximum atomic E-state index is 9.16. The number of nitriles is 1. The standard InChI is InChI=1S/C14H19N3/c1-11-8-16-12(2)10-17(9-11)14-6-4-3-5-13(14)7-15/h3-6,11-12,16H,8-10H2,1-2H3. The lowest BCUT2D eigenvalue weighted by atomic mass is 10.1. The molecular formula is C14H19N3. The van der Waals surface area contributed by atoms with E-state index in [-0.39, 0.29) is 0 Å². The summed E-state index contributed by atoms with van der Waals surface area (Å²) in [6.45, 7) is 7.46. The monoisotopic (exact) mass is 229 g/mol. The molecule has 1 aliphatic rings. The number of anilines is 1. The second-order valence-electron chi connectivity index (χ2n) is 4.95. The normalized spacial score (nSPS) is 25.1. The minimum absolute atomic E-state index is 0.465. The summed E-state index contributed by atoms with van der Waals surface area (Å²) in [6.07, 6.45) is 0. The number of nitrogens with one attached hydrogen (secondary N) is 1. The van der Waals surface area contributed by atoms with E-state index in [0.29, 0.717) is 12.0 Å². The Kier molecular flexibility index (Phi) is 3.65. The molecule has 2 atom stereocenters. The lowest BCUT2D eigenvalue weighted by Crippen LogP contribution is -2.35. The minimum atomic E-state index is 0.465. The number of para-hydroxylation sites is 1. The molecule has 3 heteroatoms. The molecule has 0 bridgehead atoms. The van der Waals surface area contributed by atoms with Gasteiger partial charge in [0.15, 0.2) is 0 Å². The average Bonchev–Trinajstić information content (AvgIpc) is 2.51. The van der Waals surface area contributed by atoms with Crippen molar-refractivity contribution in [1.82, 2.24) is 5.32 Å². The molecule has 1 N–H and O–H groups in total. The van der Waals surface area contributed by atoms with E-state index in [9.17, 15) is 0 Å². The molecule has 0 radical (unpaired) electrons. The fourth-order valence-corrected chi connectivity index (χ4v) is 2.35. The molecular weight excluding hydrogens is 210 g/mol. The maximum Gasteiger partial charge on any atom is 0.101 e. The van der Waals surface area contributed by atoms with Gasteiger partial charge in [0.1, 0.15) is 6.07 Å². The fourth-order valence-electron chi connectivity index (χ4n) is 2.35. The predicted octanol–water partition coefficient (Wildman–Crippen LogP) is 1.99. The summed E-state index contributed by atoms with van der Waals surface area (Å²) in [7, 11) is 0. The van der Waals surface area contributed by atoms with Gasteiger partial charge in [0, 0.05) is 19.1 Å². The van der Waals surface area contributed by atoms with E-state index in [1.54, 1.807) is 0 Å². The van der Waals surface area contributed by atoms with Gasteiger partial charge >= 0.3 is 0 Å². The molecule has 1 aromatic carbocycles. The van der Waals surface area contributed by atoms with Gasteiger partial charge in [-0.1, -0.05) is 19.1 Å². The van der Waals surface area contributed by atoms with Crippen LogP contribution < -0.4 is 10.2 Å². The molecule has 90 valence electrons. The first kappa shape index (κ1) is 11.9. The van der Waals surface area contributed by atoms with Gasteiger partial charge in [0.05, 0.1) is 11.3 Å². The van der Waals surface area contributed by atoms with Crippen molar-refractivity contribution < 1.29 is 0 Å². The van der Waals surface area contributed by atoms with E-state index < -0.39 is 0 Å². The fraction of sp³-hybridized carbons (Fsp3) is 0.500. The van der Waals surface area contributed by atoms with Crippen LogP contribution in [0.25, 0.3) is 0 Å². The lowest BCUT2D eigenvalue weighted by molar-refractivity contribution is 0.525. The SMILES string of the molecule is CC1CNC(C)CN(c2ccccc2C#N)C1. The Balaban J connectivity index is 2.28. The molecule has 0 saturated carbocycles. The van der Waals surface area contributed by atoms with Crippen molar-refractivity contribution in [3.63, 3.8) is 0 Å². The quantitative estimate of drug-likeness (QED) is 0.800. The van der Waals surface area contributed by atoms with E-state index in [0.717, 1.165) is 30.9 Å². The highest BCUT2D eigenvalue weighted by Crippen LogP contribution is 2.22. The van der Waals surface area contributed by atoms with Crippen LogP contribution in [0.3, 0.4) is 0 Å². The van der Waals surface area contributed by atoms with Crippen LogP contribution in [-0.4, -0.2) is 25.7 Å². The minimum Gasteiger partial charge on any atom is -0.369 e. The molecule has 0 aliphatic carbocycles. The van der Waals surface area contributed by atoms with E-state index in [4.69, 9.17) is 5.26 Å². The molecule has 17 heavy (non-hydrogen) atoms. The summed E-state index contributed by atoms with van der Waals surface area (Å²) in [5, 5.41) is 12.7. The van der Waals surface area contributed by atoms with Crippen LogP contribution in [0.15, 0.2) is 24.3 Å². The summed E-state index contributed by atoms with van der Waals surface area (Å²) in [5.41, 5.74) is 1.84. The largest absolute Gasteiger partial charge is 0.369 e. The topological polar surface area (TPSA) is 39.1 Å². The van der Waals surface area contributed by atoms with Gasteiger partial charge in [-0.05, 0) is 31.5 Å². The van der Waals surface area contributed by atoms with Crippen LogP contribution in [0, 0.1) is 17.2 Å². The molecule has 3 nitrogen and oxygen atoms in total. The predicted molar refractivity (Wildman–Crippen MR) is 70.0 cm³/mol. The summed E-state index contributed by atoms with van der Waals surface area (Å²) in [6, 6.07) is 10.6. The van der Waals surface area contributed by atoms with Crippen molar-refractivity contribution >= 4 is 5.69 Å². The van der Waals surface area contributed by atoms with Gasteiger partial charge in [0.2, 0.25) is 0 Å². The van der Waals surface area contributed by atoms with Crippen molar-refractivity contribution in [2.24, 2.45) is 5.92 Å². The third kappa shape index (κ3) is 2.78. The highest BCUT2D eigenvalue weighted by molar-refractivity contribution is 5.59. The van der Waals surface area contributed by atoms with E-state index in [1.807, 2.05) is 24.3 Å². The molecule has 1 fully saturated rings. The Hall–Kier alpha value is -1.53. The highest BCUT2D eigenvalue weighted by Gasteiger charge is 2.20. The van der Waals surface area contributed by atoms with Gasteiger partial charge in [0.25, 0.3) is 0 Å². The van der Waals surface area contributed by atoms with Gasteiger partial charge in [-0.25, -0.2) is 0 Å². The number of rotatable bonds is 1. The number of nitrogens with zero attached hydrogens (tertiary/aromatic N) is 2. The first-order chi connectivity index (χ1) is 8.20. The zero-order valence-corrected chi connectivity index (χ0v) is 10.5. The average molecular weight is 229 g/mol. The number of hydrogen-bond donors (Lipinski definition) is 1. The van der Waals surface area contributed by atoms with Crippen LogP contribution in [0.1, 0.15) is 19.4 Å². The first-order valence-corrected chi connectivity index (χ1v) is 6.18. The van der Waals surface area contributed by atoms with Crippen molar-refractivity contribution in [2.45, 2.75) is 19.9 Å². The summed E-state index contributed by atoms with van der Waals surface area (Å²) in [4.78, 5) is 2.33. The van der Waals surface area contributed by atoms with E-state index in [2.05, 4.69) is 30.1 Å². The molecule has 1 aliphatic heterocycles. The zero-order chi connectivity index (χ0) is 12.3. The van der Waals surface area contributed by atoms with Crippen LogP contribution in [0.5, 0.6) is 0 Å². The Bertz CT molecular complexity index is 410. The molecule has 1 aromatic rings. The molecule has 1 heterocycles. The maximum absolute atomic E-state index is 9.16. The highest BCUT2D eigenvalue weighted by atomic mass is 15.2. The second-order valence-corrected chi connectivity index (χ2v) is 4.95. The third-order valence-corrected chi connectivity index (χ3v) is 3.21. The Morgan fingerprint density at radius 2 is 2.06 bits per heavy atom. The summed E-state index contributed by atoms with van der Waals surface area (Å²) in [5.74, 6) is 0.603. The van der Waals surface area contributed by atoms with Crippen LogP contribution in [-0.2, 0) is 0 Å². The Morgan fingerprint density at radius 3 is 2.82 bits per heavy atom. The van der Waals surface area contributed by atoms with Crippen molar-refractivity contribution in [2.75, 3.05) is 24.5 Å².